The first-order valence-corrected chi connectivity index (χ1v) is 6.77. The molecule has 1 aromatic rings. The van der Waals surface area contributed by atoms with Crippen molar-refractivity contribution in [1.29, 1.82) is 0 Å². The number of aliphatic hydroxyl groups is 1. The molecule has 0 aromatic heterocycles. The molecule has 0 saturated carbocycles. The van der Waals surface area contributed by atoms with Gasteiger partial charge < -0.3 is 15.2 Å². The molecule has 0 amide bonds. The summed E-state index contributed by atoms with van der Waals surface area (Å²) in [6, 6.07) is 6.15. The number of aliphatic hydroxyl groups excluding tert-OH is 1. The molecule has 1 unspecified atom stereocenters. The van der Waals surface area contributed by atoms with E-state index in [4.69, 9.17) is 21.4 Å². The zero-order valence-corrected chi connectivity index (χ0v) is 11.8. The van der Waals surface area contributed by atoms with Crippen molar-refractivity contribution >= 4 is 11.6 Å². The molecule has 0 bridgehead atoms. The standard InChI is InChI=1S/C14H22ClNO2/c1-11(16-2)12-6-7-14(13(15)10-12)18-9-5-3-4-8-17/h6-7,10-11,16-17H,3-5,8-9H2,1-2H3. The summed E-state index contributed by atoms with van der Waals surface area (Å²) in [7, 11) is 1.92. The number of hydrogen-bond donors (Lipinski definition) is 2. The van der Waals surface area contributed by atoms with Gasteiger partial charge in [0.2, 0.25) is 0 Å². The molecule has 0 heterocycles. The van der Waals surface area contributed by atoms with Crippen molar-refractivity contribution in [2.75, 3.05) is 20.3 Å². The SMILES string of the molecule is CNC(C)c1ccc(OCCCCCO)c(Cl)c1. The third-order valence-electron chi connectivity index (χ3n) is 2.95. The number of halogens is 1. The van der Waals surface area contributed by atoms with Crippen LogP contribution in [0.5, 0.6) is 5.75 Å². The minimum Gasteiger partial charge on any atom is -0.492 e. The maximum Gasteiger partial charge on any atom is 0.137 e. The number of unbranched alkanes of at least 4 members (excludes halogenated alkanes) is 2. The van der Waals surface area contributed by atoms with Crippen molar-refractivity contribution in [2.45, 2.75) is 32.2 Å². The summed E-state index contributed by atoms with van der Waals surface area (Å²) < 4.78 is 5.62. The molecule has 0 saturated heterocycles. The summed E-state index contributed by atoms with van der Waals surface area (Å²) in [5, 5.41) is 12.5. The molecule has 0 radical (unpaired) electrons. The molecular weight excluding hydrogens is 250 g/mol. The van der Waals surface area contributed by atoms with Gasteiger partial charge in [0.15, 0.2) is 0 Å². The second-order valence-corrected chi connectivity index (χ2v) is 4.74. The average Bonchev–Trinajstić information content (AvgIpc) is 2.39. The average molecular weight is 272 g/mol. The number of benzene rings is 1. The predicted octanol–water partition coefficient (Wildman–Crippen LogP) is 3.16. The Kier molecular flexibility index (Phi) is 7.09. The molecule has 1 aromatic carbocycles. The lowest BCUT2D eigenvalue weighted by Crippen LogP contribution is -2.12. The highest BCUT2D eigenvalue weighted by atomic mass is 35.5. The van der Waals surface area contributed by atoms with Gasteiger partial charge in [-0.2, -0.15) is 0 Å². The van der Waals surface area contributed by atoms with Crippen LogP contribution in [0.25, 0.3) is 0 Å². The van der Waals surface area contributed by atoms with Gasteiger partial charge in [-0.15, -0.1) is 0 Å². The Morgan fingerprint density at radius 3 is 2.72 bits per heavy atom. The van der Waals surface area contributed by atoms with E-state index in [0.717, 1.165) is 30.6 Å². The Bertz CT molecular complexity index is 358. The number of ether oxygens (including phenoxy) is 1. The molecule has 3 nitrogen and oxygen atoms in total. The van der Waals surface area contributed by atoms with Crippen LogP contribution in [-0.2, 0) is 0 Å². The third-order valence-corrected chi connectivity index (χ3v) is 3.24. The van der Waals surface area contributed by atoms with Gasteiger partial charge in [-0.3, -0.25) is 0 Å². The molecule has 0 spiro atoms. The molecule has 2 N–H and O–H groups in total. The fraction of sp³-hybridized carbons (Fsp3) is 0.571. The Hall–Kier alpha value is -0.770. The van der Waals surface area contributed by atoms with Crippen molar-refractivity contribution in [2.24, 2.45) is 0 Å². The van der Waals surface area contributed by atoms with E-state index >= 15 is 0 Å². The Morgan fingerprint density at radius 1 is 1.33 bits per heavy atom. The van der Waals surface area contributed by atoms with Crippen LogP contribution >= 0.6 is 11.6 Å². The van der Waals surface area contributed by atoms with E-state index in [1.54, 1.807) is 0 Å². The first kappa shape index (κ1) is 15.3. The molecular formula is C14H22ClNO2. The predicted molar refractivity (Wildman–Crippen MR) is 75.4 cm³/mol. The van der Waals surface area contributed by atoms with Crippen LogP contribution in [0.1, 0.15) is 37.8 Å². The van der Waals surface area contributed by atoms with E-state index in [9.17, 15) is 0 Å². The van der Waals surface area contributed by atoms with Crippen LogP contribution in [0.15, 0.2) is 18.2 Å². The van der Waals surface area contributed by atoms with Crippen LogP contribution in [0, 0.1) is 0 Å². The largest absolute Gasteiger partial charge is 0.492 e. The van der Waals surface area contributed by atoms with Crippen LogP contribution in [0.4, 0.5) is 0 Å². The monoisotopic (exact) mass is 271 g/mol. The molecule has 4 heteroatoms. The van der Waals surface area contributed by atoms with Gasteiger partial charge in [0, 0.05) is 12.6 Å². The molecule has 0 aliphatic rings. The quantitative estimate of drug-likeness (QED) is 0.714. The lowest BCUT2D eigenvalue weighted by molar-refractivity contribution is 0.266. The molecule has 18 heavy (non-hydrogen) atoms. The molecule has 102 valence electrons. The summed E-state index contributed by atoms with van der Waals surface area (Å²) >= 11 is 6.18. The summed E-state index contributed by atoms with van der Waals surface area (Å²) in [6.45, 7) is 2.97. The number of hydrogen-bond acceptors (Lipinski definition) is 3. The van der Waals surface area contributed by atoms with Gasteiger partial charge >= 0.3 is 0 Å². The Labute approximate surface area is 114 Å². The van der Waals surface area contributed by atoms with Crippen LogP contribution in [-0.4, -0.2) is 25.4 Å². The van der Waals surface area contributed by atoms with Gasteiger partial charge in [-0.25, -0.2) is 0 Å². The van der Waals surface area contributed by atoms with Crippen molar-refractivity contribution < 1.29 is 9.84 Å². The fourth-order valence-electron chi connectivity index (χ4n) is 1.64. The summed E-state index contributed by atoms with van der Waals surface area (Å²) in [4.78, 5) is 0. The van der Waals surface area contributed by atoms with E-state index in [1.165, 1.54) is 0 Å². The third kappa shape index (κ3) is 4.84. The minimum absolute atomic E-state index is 0.247. The lowest BCUT2D eigenvalue weighted by atomic mass is 10.1. The minimum atomic E-state index is 0.247. The summed E-state index contributed by atoms with van der Waals surface area (Å²) in [5.41, 5.74) is 1.15. The summed E-state index contributed by atoms with van der Waals surface area (Å²) in [5.74, 6) is 0.729. The van der Waals surface area contributed by atoms with Crippen molar-refractivity contribution in [3.8, 4) is 5.75 Å². The first-order chi connectivity index (χ1) is 8.69. The van der Waals surface area contributed by atoms with Crippen molar-refractivity contribution in [1.82, 2.24) is 5.32 Å². The highest BCUT2D eigenvalue weighted by Gasteiger charge is 2.07. The van der Waals surface area contributed by atoms with Gasteiger partial charge in [-0.05, 0) is 50.9 Å². The highest BCUT2D eigenvalue weighted by molar-refractivity contribution is 6.32. The smallest absolute Gasteiger partial charge is 0.137 e. The first-order valence-electron chi connectivity index (χ1n) is 6.39. The van der Waals surface area contributed by atoms with Crippen LogP contribution < -0.4 is 10.1 Å². The maximum atomic E-state index is 8.66. The van der Waals surface area contributed by atoms with E-state index < -0.39 is 0 Å². The van der Waals surface area contributed by atoms with Crippen molar-refractivity contribution in [3.63, 3.8) is 0 Å². The molecule has 0 aliphatic carbocycles. The van der Waals surface area contributed by atoms with Gasteiger partial charge in [0.1, 0.15) is 5.75 Å². The van der Waals surface area contributed by atoms with E-state index in [0.29, 0.717) is 11.6 Å². The maximum absolute atomic E-state index is 8.66. The second kappa shape index (κ2) is 8.35. The molecule has 1 rings (SSSR count). The number of rotatable bonds is 8. The zero-order chi connectivity index (χ0) is 13.4. The van der Waals surface area contributed by atoms with Crippen LogP contribution in [0.3, 0.4) is 0 Å². The van der Waals surface area contributed by atoms with E-state index in [2.05, 4.69) is 12.2 Å². The highest BCUT2D eigenvalue weighted by Crippen LogP contribution is 2.28. The van der Waals surface area contributed by atoms with Gasteiger partial charge in [0.25, 0.3) is 0 Å². The van der Waals surface area contributed by atoms with Gasteiger partial charge in [-0.1, -0.05) is 17.7 Å². The number of nitrogens with one attached hydrogen (secondary N) is 1. The molecule has 0 fully saturated rings. The Balaban J connectivity index is 2.47. The van der Waals surface area contributed by atoms with Gasteiger partial charge in [0.05, 0.1) is 11.6 Å². The summed E-state index contributed by atoms with van der Waals surface area (Å²) in [6.07, 6.45) is 2.74. The zero-order valence-electron chi connectivity index (χ0n) is 11.1. The van der Waals surface area contributed by atoms with Crippen LogP contribution in [0.2, 0.25) is 5.02 Å². The molecule has 1 atom stereocenters. The van der Waals surface area contributed by atoms with E-state index in [1.807, 2.05) is 25.2 Å². The van der Waals surface area contributed by atoms with Crippen molar-refractivity contribution in [3.05, 3.63) is 28.8 Å². The van der Waals surface area contributed by atoms with E-state index in [-0.39, 0.29) is 12.6 Å². The topological polar surface area (TPSA) is 41.5 Å². The second-order valence-electron chi connectivity index (χ2n) is 4.33. The lowest BCUT2D eigenvalue weighted by Gasteiger charge is -2.13. The fourth-order valence-corrected chi connectivity index (χ4v) is 1.89. The molecule has 0 aliphatic heterocycles. The Morgan fingerprint density at radius 2 is 2.11 bits per heavy atom. The normalized spacial score (nSPS) is 12.4.